The van der Waals surface area contributed by atoms with Gasteiger partial charge in [0, 0.05) is 9.79 Å². The van der Waals surface area contributed by atoms with Gasteiger partial charge in [-0.15, -0.1) is 0 Å². The summed E-state index contributed by atoms with van der Waals surface area (Å²) in [6, 6.07) is 13.2. The van der Waals surface area contributed by atoms with E-state index < -0.39 is 12.1 Å². The molecule has 0 unspecified atom stereocenters. The van der Waals surface area contributed by atoms with Crippen molar-refractivity contribution >= 4 is 23.4 Å². The first-order valence-electron chi connectivity index (χ1n) is 6.59. The molecule has 0 spiro atoms. The largest absolute Gasteiger partial charge is 0.471 e. The summed E-state index contributed by atoms with van der Waals surface area (Å²) in [5, 5.41) is 8.98. The van der Waals surface area contributed by atoms with Crippen molar-refractivity contribution in [1.82, 2.24) is 0 Å². The zero-order valence-electron chi connectivity index (χ0n) is 11.6. The van der Waals surface area contributed by atoms with Crippen molar-refractivity contribution in [2.75, 3.05) is 4.90 Å². The van der Waals surface area contributed by atoms with Crippen LogP contribution in [0.15, 0.2) is 52.3 Å². The number of anilines is 1. The summed E-state index contributed by atoms with van der Waals surface area (Å²) in [4.78, 5) is 13.8. The lowest BCUT2D eigenvalue weighted by molar-refractivity contribution is -0.170. The van der Waals surface area contributed by atoms with E-state index in [4.69, 9.17) is 5.26 Å². The van der Waals surface area contributed by atoms with Crippen LogP contribution in [0.1, 0.15) is 11.1 Å². The first-order valence-corrected chi connectivity index (χ1v) is 7.40. The first-order chi connectivity index (χ1) is 10.9. The highest BCUT2D eigenvalue weighted by Gasteiger charge is 2.44. The number of halogens is 3. The van der Waals surface area contributed by atoms with Gasteiger partial charge in [0.25, 0.3) is 0 Å². The van der Waals surface area contributed by atoms with Gasteiger partial charge < -0.3 is 0 Å². The molecule has 1 heterocycles. The molecule has 2 aromatic carbocycles. The highest BCUT2D eigenvalue weighted by atomic mass is 32.2. The van der Waals surface area contributed by atoms with E-state index in [-0.39, 0.29) is 12.2 Å². The molecule has 0 bridgehead atoms. The summed E-state index contributed by atoms with van der Waals surface area (Å²) < 4.78 is 38.7. The average Bonchev–Trinajstić information content (AvgIpc) is 2.68. The number of rotatable bonds is 0. The zero-order valence-corrected chi connectivity index (χ0v) is 12.4. The zero-order chi connectivity index (χ0) is 16.6. The van der Waals surface area contributed by atoms with Gasteiger partial charge in [-0.25, -0.2) is 0 Å². The van der Waals surface area contributed by atoms with Crippen LogP contribution >= 0.6 is 11.8 Å². The molecular formula is C16H9F3N2OS. The van der Waals surface area contributed by atoms with Crippen LogP contribution in [0.25, 0.3) is 0 Å². The number of nitriles is 1. The molecule has 1 amide bonds. The molecule has 0 N–H and O–H groups in total. The number of amides is 1. The molecule has 0 radical (unpaired) electrons. The summed E-state index contributed by atoms with van der Waals surface area (Å²) in [5.41, 5.74) is 1.21. The van der Waals surface area contributed by atoms with Crippen molar-refractivity contribution in [1.29, 1.82) is 5.26 Å². The Bertz CT molecular complexity index is 827. The van der Waals surface area contributed by atoms with Crippen molar-refractivity contribution in [3.8, 4) is 6.07 Å². The van der Waals surface area contributed by atoms with Crippen LogP contribution in [-0.4, -0.2) is 12.1 Å². The van der Waals surface area contributed by atoms with Crippen LogP contribution in [0.4, 0.5) is 18.9 Å². The van der Waals surface area contributed by atoms with Crippen LogP contribution < -0.4 is 4.90 Å². The summed E-state index contributed by atoms with van der Waals surface area (Å²) in [7, 11) is 0. The maximum Gasteiger partial charge on any atom is 0.471 e. The highest BCUT2D eigenvalue weighted by molar-refractivity contribution is 7.99. The Morgan fingerprint density at radius 2 is 1.91 bits per heavy atom. The maximum absolute atomic E-state index is 12.9. The van der Waals surface area contributed by atoms with Gasteiger partial charge in [0.05, 0.1) is 23.9 Å². The van der Waals surface area contributed by atoms with Gasteiger partial charge in [0.15, 0.2) is 0 Å². The third-order valence-electron chi connectivity index (χ3n) is 3.39. The Morgan fingerprint density at radius 1 is 1.17 bits per heavy atom. The van der Waals surface area contributed by atoms with Crippen molar-refractivity contribution in [2.24, 2.45) is 0 Å². The van der Waals surface area contributed by atoms with Crippen molar-refractivity contribution in [3.05, 3.63) is 53.6 Å². The molecule has 0 atom stereocenters. The standard InChI is InChI=1S/C16H9F3N2OS/c17-16(18,19)15(22)21-9-11-6-5-10(8-20)7-14(11)23-13-4-2-1-3-12(13)21/h1-7H,9H2. The van der Waals surface area contributed by atoms with Crippen LogP contribution in [0.2, 0.25) is 0 Å². The Balaban J connectivity index is 2.15. The number of para-hydroxylation sites is 1. The van der Waals surface area contributed by atoms with Crippen molar-refractivity contribution in [2.45, 2.75) is 22.5 Å². The first kappa shape index (κ1) is 15.4. The van der Waals surface area contributed by atoms with Gasteiger partial charge in [-0.05, 0) is 29.8 Å². The lowest BCUT2D eigenvalue weighted by Crippen LogP contribution is -2.40. The monoisotopic (exact) mass is 334 g/mol. The predicted octanol–water partition coefficient (Wildman–Crippen LogP) is 4.12. The van der Waals surface area contributed by atoms with E-state index in [1.54, 1.807) is 30.3 Å². The number of hydrogen-bond donors (Lipinski definition) is 0. The van der Waals surface area contributed by atoms with Crippen LogP contribution in [0.3, 0.4) is 0 Å². The number of alkyl halides is 3. The van der Waals surface area contributed by atoms with E-state index in [0.29, 0.717) is 20.9 Å². The summed E-state index contributed by atoms with van der Waals surface area (Å²) in [5.74, 6) is -1.90. The third kappa shape index (κ3) is 2.90. The average molecular weight is 334 g/mol. The number of carbonyl (C=O) groups is 1. The Kier molecular flexibility index (Phi) is 3.78. The second-order valence-corrected chi connectivity index (χ2v) is 5.98. The normalized spacial score (nSPS) is 13.6. The molecule has 1 aliphatic heterocycles. The number of nitrogens with zero attached hydrogens (tertiary/aromatic N) is 2. The molecule has 3 nitrogen and oxygen atoms in total. The van der Waals surface area contributed by atoms with Gasteiger partial charge in [-0.2, -0.15) is 18.4 Å². The molecule has 0 aromatic heterocycles. The Hall–Kier alpha value is -2.46. The second-order valence-electron chi connectivity index (χ2n) is 4.89. The molecule has 0 aliphatic carbocycles. The summed E-state index contributed by atoms with van der Waals surface area (Å²) in [6.07, 6.45) is -4.95. The molecule has 7 heteroatoms. The lowest BCUT2D eigenvalue weighted by atomic mass is 10.1. The Morgan fingerprint density at radius 3 is 2.61 bits per heavy atom. The van der Waals surface area contributed by atoms with Crippen LogP contribution in [-0.2, 0) is 11.3 Å². The molecule has 0 fully saturated rings. The highest BCUT2D eigenvalue weighted by Crippen LogP contribution is 2.42. The van der Waals surface area contributed by atoms with Crippen LogP contribution in [0.5, 0.6) is 0 Å². The minimum Gasteiger partial charge on any atom is -0.299 e. The SMILES string of the molecule is N#Cc1ccc2c(c1)Sc1ccccc1N(C(=O)C(F)(F)F)C2. The van der Waals surface area contributed by atoms with E-state index in [2.05, 4.69) is 0 Å². The molecular weight excluding hydrogens is 325 g/mol. The number of benzene rings is 2. The topological polar surface area (TPSA) is 44.1 Å². The maximum atomic E-state index is 12.9. The molecule has 0 saturated heterocycles. The number of carbonyl (C=O) groups excluding carboxylic acids is 1. The number of hydrogen-bond acceptors (Lipinski definition) is 3. The molecule has 3 rings (SSSR count). The fraction of sp³-hybridized carbons (Fsp3) is 0.125. The smallest absolute Gasteiger partial charge is 0.299 e. The molecule has 1 aliphatic rings. The fourth-order valence-corrected chi connectivity index (χ4v) is 3.44. The predicted molar refractivity (Wildman–Crippen MR) is 79.0 cm³/mol. The fourth-order valence-electron chi connectivity index (χ4n) is 2.32. The van der Waals surface area contributed by atoms with Crippen LogP contribution in [0, 0.1) is 11.3 Å². The van der Waals surface area contributed by atoms with Gasteiger partial charge in [0.1, 0.15) is 0 Å². The van der Waals surface area contributed by atoms with E-state index in [1.165, 1.54) is 23.9 Å². The number of fused-ring (bicyclic) bond motifs is 2. The van der Waals surface area contributed by atoms with Gasteiger partial charge in [0.2, 0.25) is 0 Å². The van der Waals surface area contributed by atoms with E-state index in [0.717, 1.165) is 4.90 Å². The summed E-state index contributed by atoms with van der Waals surface area (Å²) in [6.45, 7) is -0.191. The quantitative estimate of drug-likeness (QED) is 0.728. The van der Waals surface area contributed by atoms with Crippen molar-refractivity contribution in [3.63, 3.8) is 0 Å². The summed E-state index contributed by atoms with van der Waals surface area (Å²) >= 11 is 1.25. The van der Waals surface area contributed by atoms with Gasteiger partial charge in [-0.1, -0.05) is 30.0 Å². The van der Waals surface area contributed by atoms with Gasteiger partial charge in [-0.3, -0.25) is 9.69 Å². The minimum atomic E-state index is -4.95. The molecule has 23 heavy (non-hydrogen) atoms. The van der Waals surface area contributed by atoms with E-state index in [1.807, 2.05) is 6.07 Å². The third-order valence-corrected chi connectivity index (χ3v) is 4.55. The van der Waals surface area contributed by atoms with Crippen molar-refractivity contribution < 1.29 is 18.0 Å². The second kappa shape index (κ2) is 5.63. The molecule has 2 aromatic rings. The lowest BCUT2D eigenvalue weighted by Gasteiger charge is -2.23. The Labute approximate surface area is 134 Å². The van der Waals surface area contributed by atoms with E-state index in [9.17, 15) is 18.0 Å². The van der Waals surface area contributed by atoms with Gasteiger partial charge >= 0.3 is 12.1 Å². The van der Waals surface area contributed by atoms with E-state index >= 15 is 0 Å². The molecule has 116 valence electrons. The molecule has 0 saturated carbocycles. The minimum absolute atomic E-state index is 0.191.